The average molecular weight is 405 g/mol. The Morgan fingerprint density at radius 3 is 2.61 bits per heavy atom. The monoisotopic (exact) mass is 404 g/mol. The molecule has 0 unspecified atom stereocenters. The molecule has 6 nitrogen and oxygen atoms in total. The highest BCUT2D eigenvalue weighted by Crippen LogP contribution is 2.24. The van der Waals surface area contributed by atoms with Crippen LogP contribution in [0.15, 0.2) is 48.5 Å². The van der Waals surface area contributed by atoms with Crippen LogP contribution in [0.1, 0.15) is 12.0 Å². The third-order valence-electron chi connectivity index (χ3n) is 4.34. The van der Waals surface area contributed by atoms with Crippen molar-refractivity contribution >= 4 is 35.1 Å². The quantitative estimate of drug-likeness (QED) is 0.751. The van der Waals surface area contributed by atoms with Gasteiger partial charge in [-0.3, -0.25) is 14.4 Å². The van der Waals surface area contributed by atoms with Gasteiger partial charge >= 0.3 is 5.97 Å². The normalized spacial score (nSPS) is 16.1. The summed E-state index contributed by atoms with van der Waals surface area (Å²) in [5.41, 5.74) is 1.19. The number of rotatable bonds is 6. The van der Waals surface area contributed by atoms with Crippen LogP contribution in [0, 0.1) is 11.7 Å². The number of benzene rings is 2. The van der Waals surface area contributed by atoms with Gasteiger partial charge in [0.05, 0.1) is 5.92 Å². The Bertz CT molecular complexity index is 888. The van der Waals surface area contributed by atoms with Crippen LogP contribution in [0.2, 0.25) is 5.02 Å². The minimum absolute atomic E-state index is 0.0306. The van der Waals surface area contributed by atoms with Crippen LogP contribution in [-0.4, -0.2) is 35.8 Å². The summed E-state index contributed by atoms with van der Waals surface area (Å²) in [6, 6.07) is 12.4. The van der Waals surface area contributed by atoms with Crippen LogP contribution in [0.25, 0.3) is 0 Å². The molecule has 3 rings (SSSR count). The van der Waals surface area contributed by atoms with E-state index in [4.69, 9.17) is 16.3 Å². The molecule has 2 aromatic rings. The highest BCUT2D eigenvalue weighted by atomic mass is 35.5. The summed E-state index contributed by atoms with van der Waals surface area (Å²) >= 11 is 6.11. The van der Waals surface area contributed by atoms with Gasteiger partial charge in [-0.2, -0.15) is 0 Å². The Morgan fingerprint density at radius 2 is 1.89 bits per heavy atom. The number of carbonyl (C=O) groups excluding carboxylic acids is 3. The summed E-state index contributed by atoms with van der Waals surface area (Å²) in [4.78, 5) is 37.8. The molecule has 2 amide bonds. The third kappa shape index (κ3) is 5.07. The fourth-order valence-electron chi connectivity index (χ4n) is 2.90. The molecule has 0 aromatic heterocycles. The van der Waals surface area contributed by atoms with E-state index in [9.17, 15) is 18.8 Å². The summed E-state index contributed by atoms with van der Waals surface area (Å²) < 4.78 is 17.9. The molecule has 0 spiro atoms. The van der Waals surface area contributed by atoms with Gasteiger partial charge in [0.1, 0.15) is 5.82 Å². The molecule has 0 bridgehead atoms. The first-order chi connectivity index (χ1) is 13.4. The number of hydrogen-bond acceptors (Lipinski definition) is 4. The lowest BCUT2D eigenvalue weighted by Gasteiger charge is -2.17. The number of likely N-dealkylation sites (tertiary alicyclic amines) is 1. The average Bonchev–Trinajstić information content (AvgIpc) is 3.04. The first kappa shape index (κ1) is 19.8. The van der Waals surface area contributed by atoms with E-state index in [0.29, 0.717) is 17.3 Å². The molecular formula is C20H18ClFN2O4. The van der Waals surface area contributed by atoms with E-state index in [-0.39, 0.29) is 18.9 Å². The van der Waals surface area contributed by atoms with Crippen LogP contribution in [0.4, 0.5) is 10.1 Å². The predicted molar refractivity (Wildman–Crippen MR) is 101 cm³/mol. The fourth-order valence-corrected chi connectivity index (χ4v) is 3.10. The van der Waals surface area contributed by atoms with Gasteiger partial charge < -0.3 is 15.0 Å². The topological polar surface area (TPSA) is 75.7 Å². The molecule has 1 atom stereocenters. The number of carbonyl (C=O) groups is 3. The second-order valence-electron chi connectivity index (χ2n) is 6.43. The lowest BCUT2D eigenvalue weighted by Crippen LogP contribution is -2.28. The second-order valence-corrected chi connectivity index (χ2v) is 6.84. The van der Waals surface area contributed by atoms with Crippen LogP contribution in [0.5, 0.6) is 0 Å². The van der Waals surface area contributed by atoms with Crippen LogP contribution in [0.3, 0.4) is 0 Å². The van der Waals surface area contributed by atoms with Crippen molar-refractivity contribution in [3.63, 3.8) is 0 Å². The van der Waals surface area contributed by atoms with E-state index in [0.717, 1.165) is 5.56 Å². The lowest BCUT2D eigenvalue weighted by molar-refractivity contribution is -0.151. The maximum atomic E-state index is 12.9. The first-order valence-electron chi connectivity index (χ1n) is 8.65. The van der Waals surface area contributed by atoms with Crippen LogP contribution >= 0.6 is 11.6 Å². The van der Waals surface area contributed by atoms with Gasteiger partial charge in [0, 0.05) is 30.2 Å². The number of nitrogens with zero attached hydrogens (tertiary/aromatic N) is 1. The number of nitrogens with one attached hydrogen (secondary N) is 1. The molecular weight excluding hydrogens is 387 g/mol. The van der Waals surface area contributed by atoms with Crippen molar-refractivity contribution in [2.45, 2.75) is 13.0 Å². The van der Waals surface area contributed by atoms with Gasteiger partial charge in [-0.15, -0.1) is 0 Å². The first-order valence-corrected chi connectivity index (χ1v) is 9.03. The van der Waals surface area contributed by atoms with Crippen molar-refractivity contribution in [3.05, 3.63) is 64.9 Å². The van der Waals surface area contributed by atoms with Crippen LogP contribution < -0.4 is 5.32 Å². The van der Waals surface area contributed by atoms with Crippen molar-refractivity contribution in [2.24, 2.45) is 5.92 Å². The van der Waals surface area contributed by atoms with Gasteiger partial charge in [0.2, 0.25) is 5.91 Å². The summed E-state index contributed by atoms with van der Waals surface area (Å²) in [5, 5.41) is 3.05. The van der Waals surface area contributed by atoms with Crippen molar-refractivity contribution in [1.29, 1.82) is 0 Å². The largest absolute Gasteiger partial charge is 0.455 e. The Labute approximate surface area is 166 Å². The van der Waals surface area contributed by atoms with Gasteiger partial charge in [-0.1, -0.05) is 29.8 Å². The zero-order valence-corrected chi connectivity index (χ0v) is 15.6. The summed E-state index contributed by atoms with van der Waals surface area (Å²) in [6.45, 7) is 0.0429. The second kappa shape index (κ2) is 8.84. The lowest BCUT2D eigenvalue weighted by atomic mass is 10.1. The van der Waals surface area contributed by atoms with E-state index in [2.05, 4.69) is 5.32 Å². The van der Waals surface area contributed by atoms with Gasteiger partial charge in [0.25, 0.3) is 5.91 Å². The molecule has 0 aliphatic carbocycles. The molecule has 1 fully saturated rings. The Balaban J connectivity index is 1.48. The molecule has 0 saturated carbocycles. The van der Waals surface area contributed by atoms with Gasteiger partial charge in [0.15, 0.2) is 6.61 Å². The predicted octanol–water partition coefficient (Wildman–Crippen LogP) is 3.01. The number of halogens is 2. The number of anilines is 1. The number of hydrogen-bond donors (Lipinski definition) is 1. The SMILES string of the molecule is O=C(COC(=O)[C@@H]1CC(=O)N(Cc2ccccc2Cl)C1)Nc1ccc(F)cc1. The molecule has 28 heavy (non-hydrogen) atoms. The molecule has 1 aliphatic rings. The highest BCUT2D eigenvalue weighted by Gasteiger charge is 2.35. The maximum absolute atomic E-state index is 12.9. The van der Waals surface area contributed by atoms with Crippen molar-refractivity contribution in [1.82, 2.24) is 4.90 Å². The van der Waals surface area contributed by atoms with Gasteiger partial charge in [-0.25, -0.2) is 4.39 Å². The molecule has 8 heteroatoms. The van der Waals surface area contributed by atoms with Crippen LogP contribution in [-0.2, 0) is 25.7 Å². The molecule has 1 N–H and O–H groups in total. The Kier molecular flexibility index (Phi) is 6.26. The molecule has 1 saturated heterocycles. The molecule has 1 heterocycles. The highest BCUT2D eigenvalue weighted by molar-refractivity contribution is 6.31. The van der Waals surface area contributed by atoms with E-state index in [1.54, 1.807) is 17.0 Å². The van der Waals surface area contributed by atoms with E-state index in [1.807, 2.05) is 12.1 Å². The van der Waals surface area contributed by atoms with Crippen molar-refractivity contribution < 1.29 is 23.5 Å². The minimum Gasteiger partial charge on any atom is -0.455 e. The zero-order valence-electron chi connectivity index (χ0n) is 14.9. The number of amides is 2. The molecule has 146 valence electrons. The Hall–Kier alpha value is -2.93. The number of esters is 1. The van der Waals surface area contributed by atoms with E-state index in [1.165, 1.54) is 24.3 Å². The van der Waals surface area contributed by atoms with Gasteiger partial charge in [-0.05, 0) is 35.9 Å². The smallest absolute Gasteiger partial charge is 0.311 e. The Morgan fingerprint density at radius 1 is 1.18 bits per heavy atom. The van der Waals surface area contributed by atoms with E-state index < -0.39 is 30.2 Å². The van der Waals surface area contributed by atoms with E-state index >= 15 is 0 Å². The fraction of sp³-hybridized carbons (Fsp3) is 0.250. The summed E-state index contributed by atoms with van der Waals surface area (Å²) in [7, 11) is 0. The zero-order chi connectivity index (χ0) is 20.1. The number of ether oxygens (including phenoxy) is 1. The summed E-state index contributed by atoms with van der Waals surface area (Å²) in [6.07, 6.45) is 0.0306. The molecule has 0 radical (unpaired) electrons. The standard InChI is InChI=1S/C20H18ClFN2O4/c21-17-4-2-1-3-13(17)10-24-11-14(9-19(24)26)20(27)28-12-18(25)23-16-7-5-15(22)6-8-16/h1-8,14H,9-12H2,(H,23,25)/t14-/m1/s1. The molecule has 2 aromatic carbocycles. The minimum atomic E-state index is -0.631. The van der Waals surface area contributed by atoms with Crippen molar-refractivity contribution in [3.8, 4) is 0 Å². The molecule has 1 aliphatic heterocycles. The summed E-state index contributed by atoms with van der Waals surface area (Å²) in [5.74, 6) is -2.37. The van der Waals surface area contributed by atoms with Crippen molar-refractivity contribution in [2.75, 3.05) is 18.5 Å². The maximum Gasteiger partial charge on any atom is 0.311 e. The third-order valence-corrected chi connectivity index (χ3v) is 4.71.